The van der Waals surface area contributed by atoms with Gasteiger partial charge in [0.1, 0.15) is 28.1 Å². The van der Waals surface area contributed by atoms with Crippen LogP contribution in [0.1, 0.15) is 55.2 Å². The van der Waals surface area contributed by atoms with Gasteiger partial charge in [0.15, 0.2) is 5.78 Å². The number of amides is 2. The standard InChI is InChI=1S/C40H38N2O6/c1-47-30-17-13-28(14-18-30)41-37(45)39(21-22-39)33(43)25-32(26-9-5-3-6-10-26)34-35(27-11-7-4-8-12-27)42(29-15-19-31(48-2)20-16-29)38(46)40(23-24-40)36(34)44/h3-20,32,34-35H,21-25H2,1-2H3,(H,41,45)/t32-,34-,35-/m0/s1. The lowest BCUT2D eigenvalue weighted by molar-refractivity contribution is -0.142. The van der Waals surface area contributed by atoms with Crippen molar-refractivity contribution in [2.75, 3.05) is 24.4 Å². The van der Waals surface area contributed by atoms with E-state index in [0.717, 1.165) is 11.1 Å². The summed E-state index contributed by atoms with van der Waals surface area (Å²) in [6, 6.07) is 32.8. The molecule has 1 saturated heterocycles. The van der Waals surface area contributed by atoms with Gasteiger partial charge in [-0.1, -0.05) is 60.7 Å². The summed E-state index contributed by atoms with van der Waals surface area (Å²) in [6.45, 7) is 0. The number of piperidine rings is 1. The molecule has 7 rings (SSSR count). The maximum absolute atomic E-state index is 14.8. The second kappa shape index (κ2) is 12.4. The van der Waals surface area contributed by atoms with E-state index >= 15 is 0 Å². The van der Waals surface area contributed by atoms with Gasteiger partial charge in [-0.25, -0.2) is 0 Å². The fourth-order valence-corrected chi connectivity index (χ4v) is 7.33. The highest BCUT2D eigenvalue weighted by molar-refractivity contribution is 6.19. The lowest BCUT2D eigenvalue weighted by atomic mass is 9.66. The van der Waals surface area contributed by atoms with E-state index in [-0.39, 0.29) is 29.8 Å². The van der Waals surface area contributed by atoms with Gasteiger partial charge in [0.25, 0.3) is 0 Å². The third-order valence-electron chi connectivity index (χ3n) is 10.4. The number of hydrogen-bond acceptors (Lipinski definition) is 6. The van der Waals surface area contributed by atoms with E-state index in [1.54, 1.807) is 43.4 Å². The van der Waals surface area contributed by atoms with Crippen LogP contribution in [-0.2, 0) is 19.2 Å². The SMILES string of the molecule is COc1ccc(NC(=O)C2(C(=O)C[C@@H](c3ccccc3)[C@@H]3C(=O)C4(CC4)C(=O)N(c4ccc(OC)cc4)[C@H]3c3ccccc3)CC2)cc1. The number of carbonyl (C=O) groups excluding carboxylic acids is 4. The van der Waals surface area contributed by atoms with Crippen molar-refractivity contribution in [2.24, 2.45) is 16.7 Å². The summed E-state index contributed by atoms with van der Waals surface area (Å²) in [5.74, 6) is -0.859. The molecule has 3 fully saturated rings. The molecule has 1 heterocycles. The summed E-state index contributed by atoms with van der Waals surface area (Å²) in [7, 11) is 3.16. The van der Waals surface area contributed by atoms with Gasteiger partial charge >= 0.3 is 0 Å². The first-order chi connectivity index (χ1) is 23.3. The van der Waals surface area contributed by atoms with Crippen LogP contribution in [0.4, 0.5) is 11.4 Å². The lowest BCUT2D eigenvalue weighted by Gasteiger charge is -2.47. The third kappa shape index (κ3) is 5.45. The van der Waals surface area contributed by atoms with Crippen molar-refractivity contribution in [2.45, 2.75) is 44.1 Å². The van der Waals surface area contributed by atoms with Gasteiger partial charge in [0.2, 0.25) is 11.8 Å². The minimum atomic E-state index is -1.17. The zero-order valence-corrected chi connectivity index (χ0v) is 27.1. The van der Waals surface area contributed by atoms with Crippen LogP contribution in [0.5, 0.6) is 11.5 Å². The molecule has 0 unspecified atom stereocenters. The molecule has 0 bridgehead atoms. The molecule has 0 radical (unpaired) electrons. The average Bonchev–Trinajstić information content (AvgIpc) is 4.07. The monoisotopic (exact) mass is 642 g/mol. The predicted octanol–water partition coefficient (Wildman–Crippen LogP) is 6.92. The Labute approximate surface area is 280 Å². The lowest BCUT2D eigenvalue weighted by Crippen LogP contribution is -2.56. The molecule has 8 heteroatoms. The number of nitrogens with zero attached hydrogens (tertiary/aromatic N) is 1. The Morgan fingerprint density at radius 1 is 0.771 bits per heavy atom. The van der Waals surface area contributed by atoms with Gasteiger partial charge in [-0.2, -0.15) is 0 Å². The van der Waals surface area contributed by atoms with E-state index in [1.165, 1.54) is 0 Å². The molecule has 4 aromatic carbocycles. The minimum Gasteiger partial charge on any atom is -0.497 e. The number of anilines is 2. The normalized spacial score (nSPS) is 20.9. The summed E-state index contributed by atoms with van der Waals surface area (Å²) in [6.07, 6.45) is 1.81. The molecule has 3 aliphatic rings. The van der Waals surface area contributed by atoms with Crippen LogP contribution in [0.3, 0.4) is 0 Å². The first-order valence-corrected chi connectivity index (χ1v) is 16.4. The number of Topliss-reactive ketones (excluding diaryl/α,β-unsaturated/α-hetero) is 2. The van der Waals surface area contributed by atoms with E-state index in [4.69, 9.17) is 9.47 Å². The second-order valence-corrected chi connectivity index (χ2v) is 13.1. The molecular weight excluding hydrogens is 604 g/mol. The maximum Gasteiger partial charge on any atom is 0.241 e. The van der Waals surface area contributed by atoms with Gasteiger partial charge in [0.05, 0.1) is 26.2 Å². The number of methoxy groups -OCH3 is 2. The Kier molecular flexibility index (Phi) is 8.11. The summed E-state index contributed by atoms with van der Waals surface area (Å²) < 4.78 is 10.6. The van der Waals surface area contributed by atoms with Crippen LogP contribution in [0.2, 0.25) is 0 Å². The third-order valence-corrected chi connectivity index (χ3v) is 10.4. The second-order valence-electron chi connectivity index (χ2n) is 13.1. The summed E-state index contributed by atoms with van der Waals surface area (Å²) in [4.78, 5) is 59.1. The number of ether oxygens (including phenoxy) is 2. The smallest absolute Gasteiger partial charge is 0.241 e. The molecule has 3 atom stereocenters. The topological polar surface area (TPSA) is 102 Å². The van der Waals surface area contributed by atoms with E-state index in [2.05, 4.69) is 5.32 Å². The van der Waals surface area contributed by atoms with Crippen LogP contribution in [0, 0.1) is 16.7 Å². The van der Waals surface area contributed by atoms with Crippen LogP contribution < -0.4 is 19.7 Å². The molecule has 1 aliphatic heterocycles. The molecule has 1 N–H and O–H groups in total. The average molecular weight is 643 g/mol. The Hall–Kier alpha value is -5.24. The van der Waals surface area contributed by atoms with Gasteiger partial charge in [0, 0.05) is 23.7 Å². The Morgan fingerprint density at radius 2 is 1.33 bits per heavy atom. The van der Waals surface area contributed by atoms with Crippen molar-refractivity contribution in [3.8, 4) is 11.5 Å². The minimum absolute atomic E-state index is 0.0134. The molecule has 0 aromatic heterocycles. The largest absolute Gasteiger partial charge is 0.497 e. The summed E-state index contributed by atoms with van der Waals surface area (Å²) >= 11 is 0. The van der Waals surface area contributed by atoms with Crippen LogP contribution in [-0.4, -0.2) is 37.6 Å². The van der Waals surface area contributed by atoms with Gasteiger partial charge in [-0.3, -0.25) is 19.2 Å². The highest BCUT2D eigenvalue weighted by Gasteiger charge is 2.67. The molecule has 2 amide bonds. The van der Waals surface area contributed by atoms with Crippen molar-refractivity contribution in [3.05, 3.63) is 120 Å². The zero-order chi connectivity index (χ0) is 33.5. The molecular formula is C40H38N2O6. The predicted molar refractivity (Wildman–Crippen MR) is 182 cm³/mol. The van der Waals surface area contributed by atoms with Gasteiger partial charge < -0.3 is 19.7 Å². The molecule has 8 nitrogen and oxygen atoms in total. The number of rotatable bonds is 11. The first-order valence-electron chi connectivity index (χ1n) is 16.4. The number of hydrogen-bond donors (Lipinski definition) is 1. The van der Waals surface area contributed by atoms with Crippen molar-refractivity contribution < 1.29 is 28.7 Å². The van der Waals surface area contributed by atoms with E-state index in [1.807, 2.05) is 84.9 Å². The van der Waals surface area contributed by atoms with Gasteiger partial charge in [-0.05, 0) is 85.3 Å². The van der Waals surface area contributed by atoms with Crippen molar-refractivity contribution in [3.63, 3.8) is 0 Å². The van der Waals surface area contributed by atoms with E-state index < -0.39 is 28.7 Å². The van der Waals surface area contributed by atoms with Crippen LogP contribution >= 0.6 is 0 Å². The van der Waals surface area contributed by atoms with Crippen LogP contribution in [0.25, 0.3) is 0 Å². The highest BCUT2D eigenvalue weighted by Crippen LogP contribution is 2.60. The number of benzene rings is 4. The number of carbonyl (C=O) groups is 4. The molecule has 2 saturated carbocycles. The van der Waals surface area contributed by atoms with Crippen molar-refractivity contribution in [1.82, 2.24) is 0 Å². The first kappa shape index (κ1) is 31.4. The van der Waals surface area contributed by atoms with E-state index in [9.17, 15) is 19.2 Å². The van der Waals surface area contributed by atoms with E-state index in [0.29, 0.717) is 48.6 Å². The zero-order valence-electron chi connectivity index (χ0n) is 27.1. The number of nitrogens with one attached hydrogen (secondary N) is 1. The highest BCUT2D eigenvalue weighted by atomic mass is 16.5. The summed E-state index contributed by atoms with van der Waals surface area (Å²) in [5.41, 5.74) is 0.577. The van der Waals surface area contributed by atoms with Crippen molar-refractivity contribution >= 4 is 34.8 Å². The molecule has 1 spiro atoms. The quantitative estimate of drug-likeness (QED) is 0.178. The molecule has 244 valence electrons. The number of ketones is 2. The fraction of sp³-hybridized carbons (Fsp3) is 0.300. The Morgan fingerprint density at radius 3 is 1.88 bits per heavy atom. The molecule has 4 aromatic rings. The maximum atomic E-state index is 14.8. The summed E-state index contributed by atoms with van der Waals surface area (Å²) in [5, 5.41) is 2.93. The van der Waals surface area contributed by atoms with Crippen LogP contribution in [0.15, 0.2) is 109 Å². The Bertz CT molecular complexity index is 1830. The molecule has 48 heavy (non-hydrogen) atoms. The molecule has 2 aliphatic carbocycles. The fourth-order valence-electron chi connectivity index (χ4n) is 7.33. The Balaban J connectivity index is 1.29. The van der Waals surface area contributed by atoms with Gasteiger partial charge in [-0.15, -0.1) is 0 Å². The van der Waals surface area contributed by atoms with Crippen molar-refractivity contribution in [1.29, 1.82) is 0 Å².